The lowest BCUT2D eigenvalue weighted by molar-refractivity contribution is 0.485. The van der Waals surface area contributed by atoms with Gasteiger partial charge in [-0.25, -0.2) is 5.14 Å². The second-order valence-electron chi connectivity index (χ2n) is 2.47. The highest BCUT2D eigenvalue weighted by Gasteiger charge is 1.87. The number of thiophene rings is 1. The van der Waals surface area contributed by atoms with Crippen LogP contribution >= 0.6 is 11.3 Å². The molecule has 1 aromatic carbocycles. The van der Waals surface area contributed by atoms with E-state index < -0.39 is 10.3 Å². The molecule has 0 aliphatic heterocycles. The van der Waals surface area contributed by atoms with Gasteiger partial charge >= 0.3 is 10.3 Å². The summed E-state index contributed by atoms with van der Waals surface area (Å²) in [6, 6.07) is 10.5. The predicted molar refractivity (Wildman–Crippen MR) is 57.6 cm³/mol. The molecule has 0 amide bonds. The zero-order chi connectivity index (χ0) is 10.6. The molecule has 0 saturated carbocycles. The molecular formula is C8H9NO3S2. The zero-order valence-electron chi connectivity index (χ0n) is 7.12. The first-order chi connectivity index (χ1) is 6.47. The van der Waals surface area contributed by atoms with Crippen LogP contribution in [0.5, 0.6) is 0 Å². The van der Waals surface area contributed by atoms with Gasteiger partial charge in [0.1, 0.15) is 0 Å². The largest absolute Gasteiger partial charge is 0.330 e. The Morgan fingerprint density at radius 2 is 1.79 bits per heavy atom. The lowest BCUT2D eigenvalue weighted by Gasteiger charge is -1.82. The van der Waals surface area contributed by atoms with E-state index in [4.69, 9.17) is 13.0 Å². The zero-order valence-corrected chi connectivity index (χ0v) is 8.75. The SMILES string of the molecule is NS(=O)(=O)O.c1ccc2sccc2c1. The summed E-state index contributed by atoms with van der Waals surface area (Å²) in [6.45, 7) is 0. The van der Waals surface area contributed by atoms with Gasteiger partial charge in [0, 0.05) is 4.70 Å². The van der Waals surface area contributed by atoms with Crippen LogP contribution in [0.1, 0.15) is 0 Å². The maximum Gasteiger partial charge on any atom is 0.330 e. The maximum absolute atomic E-state index is 8.97. The number of hydrogen-bond acceptors (Lipinski definition) is 3. The van der Waals surface area contributed by atoms with Crippen molar-refractivity contribution in [1.29, 1.82) is 0 Å². The van der Waals surface area contributed by atoms with Crippen molar-refractivity contribution in [2.45, 2.75) is 0 Å². The fourth-order valence-corrected chi connectivity index (χ4v) is 1.70. The van der Waals surface area contributed by atoms with E-state index in [0.29, 0.717) is 0 Å². The van der Waals surface area contributed by atoms with Crippen LogP contribution in [0.4, 0.5) is 0 Å². The van der Waals surface area contributed by atoms with Crippen molar-refractivity contribution >= 4 is 31.7 Å². The summed E-state index contributed by atoms with van der Waals surface area (Å²) < 4.78 is 26.6. The number of rotatable bonds is 0. The third kappa shape index (κ3) is 4.33. The van der Waals surface area contributed by atoms with Crippen molar-refractivity contribution < 1.29 is 13.0 Å². The van der Waals surface area contributed by atoms with Gasteiger partial charge in [-0.05, 0) is 22.9 Å². The minimum absolute atomic E-state index is 1.35. The molecule has 1 heterocycles. The molecule has 6 heteroatoms. The molecule has 0 fully saturated rings. The van der Waals surface area contributed by atoms with E-state index in [0.717, 1.165) is 0 Å². The molecule has 0 unspecified atom stereocenters. The van der Waals surface area contributed by atoms with Gasteiger partial charge in [-0.1, -0.05) is 18.2 Å². The number of hydrogen-bond donors (Lipinski definition) is 2. The minimum atomic E-state index is -4.17. The van der Waals surface area contributed by atoms with Crippen LogP contribution in [0.15, 0.2) is 35.7 Å². The van der Waals surface area contributed by atoms with Gasteiger partial charge in [0.05, 0.1) is 0 Å². The van der Waals surface area contributed by atoms with Crippen LogP contribution in [0.2, 0.25) is 0 Å². The molecule has 0 saturated heterocycles. The molecule has 1 aromatic heterocycles. The van der Waals surface area contributed by atoms with E-state index in [2.05, 4.69) is 40.9 Å². The number of fused-ring (bicyclic) bond motifs is 1. The van der Waals surface area contributed by atoms with Crippen molar-refractivity contribution in [3.63, 3.8) is 0 Å². The van der Waals surface area contributed by atoms with E-state index in [1.807, 2.05) is 0 Å². The van der Waals surface area contributed by atoms with Crippen LogP contribution in [0.3, 0.4) is 0 Å². The van der Waals surface area contributed by atoms with E-state index in [-0.39, 0.29) is 0 Å². The van der Waals surface area contributed by atoms with Crippen LogP contribution in [0.25, 0.3) is 10.1 Å². The van der Waals surface area contributed by atoms with E-state index in [1.165, 1.54) is 10.1 Å². The Kier molecular flexibility index (Phi) is 3.59. The molecular weight excluding hydrogens is 222 g/mol. The normalized spacial score (nSPS) is 10.7. The van der Waals surface area contributed by atoms with Crippen molar-refractivity contribution in [3.8, 4) is 0 Å². The highest BCUT2D eigenvalue weighted by molar-refractivity contribution is 7.83. The Bertz CT molecular complexity index is 466. The molecule has 0 aliphatic carbocycles. The van der Waals surface area contributed by atoms with Gasteiger partial charge in [-0.3, -0.25) is 4.55 Å². The summed E-state index contributed by atoms with van der Waals surface area (Å²) >= 11 is 1.79. The van der Waals surface area contributed by atoms with Crippen LogP contribution < -0.4 is 5.14 Å². The summed E-state index contributed by atoms with van der Waals surface area (Å²) in [7, 11) is -4.17. The fourth-order valence-electron chi connectivity index (χ4n) is 0.906. The highest BCUT2D eigenvalue weighted by Crippen LogP contribution is 2.18. The lowest BCUT2D eigenvalue weighted by Crippen LogP contribution is -2.08. The molecule has 0 aliphatic rings. The average molecular weight is 231 g/mol. The molecule has 2 aromatic rings. The highest BCUT2D eigenvalue weighted by atomic mass is 32.2. The predicted octanol–water partition coefficient (Wildman–Crippen LogP) is 1.65. The first-order valence-electron chi connectivity index (χ1n) is 3.64. The topological polar surface area (TPSA) is 80.4 Å². The Balaban J connectivity index is 0.000000171. The van der Waals surface area contributed by atoms with Crippen LogP contribution in [0, 0.1) is 0 Å². The standard InChI is InChI=1S/C8H6S.H3NO3S/c1-2-4-8-7(3-1)5-6-9-8;1-5(2,3)4/h1-6H;(H3,1,2,3,4). The lowest BCUT2D eigenvalue weighted by atomic mass is 10.3. The third-order valence-corrected chi connectivity index (χ3v) is 2.26. The monoisotopic (exact) mass is 231 g/mol. The molecule has 4 nitrogen and oxygen atoms in total. The van der Waals surface area contributed by atoms with Gasteiger partial charge in [0.2, 0.25) is 0 Å². The molecule has 76 valence electrons. The smallest absolute Gasteiger partial charge is 0.274 e. The summed E-state index contributed by atoms with van der Waals surface area (Å²) in [5, 5.41) is 7.35. The van der Waals surface area contributed by atoms with E-state index >= 15 is 0 Å². The average Bonchev–Trinajstić information content (AvgIpc) is 2.47. The van der Waals surface area contributed by atoms with Crippen molar-refractivity contribution in [2.75, 3.05) is 0 Å². The molecule has 0 atom stereocenters. The minimum Gasteiger partial charge on any atom is -0.274 e. The maximum atomic E-state index is 8.97. The number of nitrogens with two attached hydrogens (primary N) is 1. The first-order valence-corrected chi connectivity index (χ1v) is 6.02. The first kappa shape index (κ1) is 11.1. The molecule has 3 N–H and O–H groups in total. The Labute approximate surface area is 85.9 Å². The van der Waals surface area contributed by atoms with Crippen molar-refractivity contribution in [1.82, 2.24) is 0 Å². The Morgan fingerprint density at radius 3 is 2.36 bits per heavy atom. The van der Waals surface area contributed by atoms with Gasteiger partial charge in [0.15, 0.2) is 0 Å². The van der Waals surface area contributed by atoms with Gasteiger partial charge < -0.3 is 0 Å². The Hall–Kier alpha value is -0.950. The van der Waals surface area contributed by atoms with Gasteiger partial charge in [-0.2, -0.15) is 8.42 Å². The summed E-state index contributed by atoms with van der Waals surface area (Å²) in [6.07, 6.45) is 0. The summed E-state index contributed by atoms with van der Waals surface area (Å²) in [5.74, 6) is 0. The second-order valence-corrected chi connectivity index (χ2v) is 4.45. The quantitative estimate of drug-likeness (QED) is 0.676. The van der Waals surface area contributed by atoms with Gasteiger partial charge in [-0.15, -0.1) is 11.3 Å². The fraction of sp³-hybridized carbons (Fsp3) is 0. The molecule has 2 rings (SSSR count). The van der Waals surface area contributed by atoms with E-state index in [9.17, 15) is 0 Å². The van der Waals surface area contributed by atoms with Crippen LogP contribution in [-0.2, 0) is 10.3 Å². The third-order valence-electron chi connectivity index (χ3n) is 1.36. The summed E-state index contributed by atoms with van der Waals surface area (Å²) in [4.78, 5) is 0. The second kappa shape index (κ2) is 4.52. The molecule has 0 bridgehead atoms. The van der Waals surface area contributed by atoms with E-state index in [1.54, 1.807) is 11.3 Å². The number of benzene rings is 1. The van der Waals surface area contributed by atoms with Crippen molar-refractivity contribution in [3.05, 3.63) is 35.7 Å². The van der Waals surface area contributed by atoms with Crippen LogP contribution in [-0.4, -0.2) is 13.0 Å². The van der Waals surface area contributed by atoms with Gasteiger partial charge in [0.25, 0.3) is 0 Å². The molecule has 0 spiro atoms. The van der Waals surface area contributed by atoms with Crippen molar-refractivity contribution in [2.24, 2.45) is 5.14 Å². The molecule has 0 radical (unpaired) electrons. The Morgan fingerprint density at radius 1 is 1.21 bits per heavy atom. The molecule has 14 heavy (non-hydrogen) atoms. The summed E-state index contributed by atoms with van der Waals surface area (Å²) in [5.41, 5.74) is 0.